The molecule has 1 unspecified atom stereocenters. The van der Waals surface area contributed by atoms with Gasteiger partial charge in [-0.25, -0.2) is 18.4 Å². The van der Waals surface area contributed by atoms with Gasteiger partial charge >= 0.3 is 12.1 Å². The second kappa shape index (κ2) is 10.0. The van der Waals surface area contributed by atoms with Crippen LogP contribution in [-0.4, -0.2) is 60.1 Å². The first kappa shape index (κ1) is 23.4. The molecule has 2 aromatic carbocycles. The summed E-state index contributed by atoms with van der Waals surface area (Å²) in [6.45, 7) is 0.0412. The summed E-state index contributed by atoms with van der Waals surface area (Å²) in [5.74, 6) is -1.98. The van der Waals surface area contributed by atoms with Crippen molar-refractivity contribution in [3.05, 3.63) is 71.3 Å². The van der Waals surface area contributed by atoms with Crippen LogP contribution in [0.4, 0.5) is 13.6 Å². The number of fused-ring (bicyclic) bond motifs is 3. The Bertz CT molecular complexity index is 1090. The van der Waals surface area contributed by atoms with E-state index in [-0.39, 0.29) is 37.6 Å². The standard InChI is InChI=1S/C25H24F2N2O5/c26-22(27)13-21(23(30)29-11-9-15(10-12-29)24(31)32)28-25(33)34-14-20-18-7-3-1-5-16(18)17-6-2-4-8-19(17)20/h1-9,20-22H,10-14H2,(H,28,33)(H,31,32). The third-order valence-corrected chi connectivity index (χ3v) is 6.14. The van der Waals surface area contributed by atoms with E-state index in [0.29, 0.717) is 0 Å². The summed E-state index contributed by atoms with van der Waals surface area (Å²) in [5, 5.41) is 11.3. The average molecular weight is 470 g/mol. The molecule has 7 nitrogen and oxygen atoms in total. The minimum Gasteiger partial charge on any atom is -0.478 e. The molecule has 0 saturated heterocycles. The van der Waals surface area contributed by atoms with Crippen molar-refractivity contribution < 1.29 is 33.0 Å². The number of aliphatic carboxylic acids is 1. The van der Waals surface area contributed by atoms with Crippen LogP contribution in [0.5, 0.6) is 0 Å². The minimum atomic E-state index is -2.82. The molecule has 0 aromatic heterocycles. The summed E-state index contributed by atoms with van der Waals surface area (Å²) in [6.07, 6.45) is -3.17. The van der Waals surface area contributed by atoms with E-state index >= 15 is 0 Å². The number of carbonyl (C=O) groups is 3. The number of halogens is 2. The van der Waals surface area contributed by atoms with Crippen LogP contribution in [0.1, 0.15) is 29.9 Å². The van der Waals surface area contributed by atoms with E-state index < -0.39 is 36.9 Å². The molecule has 1 heterocycles. The van der Waals surface area contributed by atoms with E-state index in [1.807, 2.05) is 48.5 Å². The maximum absolute atomic E-state index is 13.1. The third kappa shape index (κ3) is 4.93. The number of nitrogens with zero attached hydrogens (tertiary/aromatic N) is 1. The number of nitrogens with one attached hydrogen (secondary N) is 1. The number of carbonyl (C=O) groups excluding carboxylic acids is 2. The molecule has 2 amide bonds. The molecule has 0 saturated carbocycles. The zero-order valence-corrected chi connectivity index (χ0v) is 18.2. The molecule has 34 heavy (non-hydrogen) atoms. The van der Waals surface area contributed by atoms with Gasteiger partial charge in [0.05, 0.1) is 0 Å². The van der Waals surface area contributed by atoms with Gasteiger partial charge < -0.3 is 20.1 Å². The molecule has 4 rings (SSSR count). The second-order valence-corrected chi connectivity index (χ2v) is 8.22. The number of alkyl halides is 2. The van der Waals surface area contributed by atoms with Gasteiger partial charge in [0, 0.05) is 31.0 Å². The molecule has 1 aliphatic carbocycles. The number of benzene rings is 2. The number of hydrogen-bond donors (Lipinski definition) is 2. The fourth-order valence-electron chi connectivity index (χ4n) is 4.47. The summed E-state index contributed by atoms with van der Waals surface area (Å²) in [5.41, 5.74) is 4.28. The summed E-state index contributed by atoms with van der Waals surface area (Å²) in [6, 6.07) is 14.1. The van der Waals surface area contributed by atoms with Crippen LogP contribution in [0.25, 0.3) is 11.1 Å². The van der Waals surface area contributed by atoms with Gasteiger partial charge in [-0.1, -0.05) is 54.6 Å². The Morgan fingerprint density at radius 2 is 1.68 bits per heavy atom. The van der Waals surface area contributed by atoms with Crippen molar-refractivity contribution >= 4 is 18.0 Å². The minimum absolute atomic E-state index is 0.0100. The van der Waals surface area contributed by atoms with Crippen LogP contribution in [0.2, 0.25) is 0 Å². The number of hydrogen-bond acceptors (Lipinski definition) is 4. The lowest BCUT2D eigenvalue weighted by molar-refractivity contribution is -0.136. The van der Waals surface area contributed by atoms with Gasteiger partial charge in [-0.2, -0.15) is 0 Å². The largest absolute Gasteiger partial charge is 0.478 e. The first-order valence-corrected chi connectivity index (χ1v) is 11.0. The molecule has 0 bridgehead atoms. The highest BCUT2D eigenvalue weighted by atomic mass is 19.3. The van der Waals surface area contributed by atoms with E-state index in [1.54, 1.807) is 0 Å². The lowest BCUT2D eigenvalue weighted by atomic mass is 9.98. The highest BCUT2D eigenvalue weighted by Crippen LogP contribution is 2.44. The van der Waals surface area contributed by atoms with E-state index in [1.165, 1.54) is 11.0 Å². The molecule has 2 N–H and O–H groups in total. The van der Waals surface area contributed by atoms with Gasteiger partial charge in [-0.15, -0.1) is 0 Å². The molecule has 2 aromatic rings. The fraction of sp³-hybridized carbons (Fsp3) is 0.320. The van der Waals surface area contributed by atoms with Gasteiger partial charge in [-0.3, -0.25) is 4.79 Å². The van der Waals surface area contributed by atoms with Crippen LogP contribution in [0.3, 0.4) is 0 Å². The fourth-order valence-corrected chi connectivity index (χ4v) is 4.47. The van der Waals surface area contributed by atoms with Gasteiger partial charge in [0.15, 0.2) is 0 Å². The smallest absolute Gasteiger partial charge is 0.407 e. The Labute approximate surface area is 195 Å². The molecule has 178 valence electrons. The molecule has 1 atom stereocenters. The average Bonchev–Trinajstić information content (AvgIpc) is 3.15. The van der Waals surface area contributed by atoms with Crippen molar-refractivity contribution in [3.63, 3.8) is 0 Å². The Morgan fingerprint density at radius 3 is 2.21 bits per heavy atom. The molecule has 2 aliphatic rings. The lowest BCUT2D eigenvalue weighted by Crippen LogP contribution is -2.50. The van der Waals surface area contributed by atoms with Gasteiger partial charge in [-0.05, 0) is 28.7 Å². The van der Waals surface area contributed by atoms with Crippen LogP contribution in [0.15, 0.2) is 60.2 Å². The molecule has 0 fully saturated rings. The Hall–Kier alpha value is -3.75. The summed E-state index contributed by atoms with van der Waals surface area (Å²) in [7, 11) is 0. The van der Waals surface area contributed by atoms with E-state index in [4.69, 9.17) is 9.84 Å². The lowest BCUT2D eigenvalue weighted by Gasteiger charge is -2.29. The zero-order valence-electron chi connectivity index (χ0n) is 18.2. The van der Waals surface area contributed by atoms with Crippen molar-refractivity contribution in [2.24, 2.45) is 0 Å². The Kier molecular flexibility index (Phi) is 6.90. The maximum Gasteiger partial charge on any atom is 0.407 e. The van der Waals surface area contributed by atoms with E-state index in [0.717, 1.165) is 22.3 Å². The number of alkyl carbamates (subject to hydrolysis) is 1. The normalized spacial score (nSPS) is 15.9. The molecule has 9 heteroatoms. The monoisotopic (exact) mass is 470 g/mol. The SMILES string of the molecule is O=C(NC(CC(F)F)C(=O)N1CC=C(C(=O)O)CC1)OCC1c2ccccc2-c2ccccc21. The predicted molar refractivity (Wildman–Crippen MR) is 120 cm³/mol. The second-order valence-electron chi connectivity index (χ2n) is 8.22. The first-order valence-electron chi connectivity index (χ1n) is 11.0. The summed E-state index contributed by atoms with van der Waals surface area (Å²) in [4.78, 5) is 37.6. The van der Waals surface area contributed by atoms with Gasteiger partial charge in [0.2, 0.25) is 12.3 Å². The maximum atomic E-state index is 13.1. The predicted octanol–water partition coefficient (Wildman–Crippen LogP) is 3.79. The van der Waals surface area contributed by atoms with Gasteiger partial charge in [0.1, 0.15) is 12.6 Å². The Balaban J connectivity index is 1.41. The molecular formula is C25H24F2N2O5. The summed E-state index contributed by atoms with van der Waals surface area (Å²) >= 11 is 0. The van der Waals surface area contributed by atoms with Crippen LogP contribution < -0.4 is 5.32 Å². The van der Waals surface area contributed by atoms with Crippen molar-refractivity contribution in [3.8, 4) is 11.1 Å². The van der Waals surface area contributed by atoms with Crippen molar-refractivity contribution in [1.29, 1.82) is 0 Å². The number of ether oxygens (including phenoxy) is 1. The number of carboxylic acid groups (broad SMARTS) is 1. The van der Waals surface area contributed by atoms with Crippen LogP contribution >= 0.6 is 0 Å². The topological polar surface area (TPSA) is 95.9 Å². The molecule has 1 aliphatic heterocycles. The molecular weight excluding hydrogens is 446 g/mol. The highest BCUT2D eigenvalue weighted by Gasteiger charge is 2.32. The summed E-state index contributed by atoms with van der Waals surface area (Å²) < 4.78 is 31.7. The van der Waals surface area contributed by atoms with Crippen molar-refractivity contribution in [2.75, 3.05) is 19.7 Å². The quantitative estimate of drug-likeness (QED) is 0.642. The third-order valence-electron chi connectivity index (χ3n) is 6.14. The van der Waals surface area contributed by atoms with Crippen molar-refractivity contribution in [2.45, 2.75) is 31.2 Å². The first-order chi connectivity index (χ1) is 16.3. The number of rotatable bonds is 7. The van der Waals surface area contributed by atoms with E-state index in [9.17, 15) is 23.2 Å². The molecule has 0 spiro atoms. The zero-order chi connectivity index (χ0) is 24.2. The van der Waals surface area contributed by atoms with Gasteiger partial charge in [0.25, 0.3) is 0 Å². The van der Waals surface area contributed by atoms with Crippen LogP contribution in [0, 0.1) is 0 Å². The van der Waals surface area contributed by atoms with Crippen LogP contribution in [-0.2, 0) is 14.3 Å². The Morgan fingerprint density at radius 1 is 1.06 bits per heavy atom. The molecule has 0 radical (unpaired) electrons. The van der Waals surface area contributed by atoms with Crippen molar-refractivity contribution in [1.82, 2.24) is 10.2 Å². The highest BCUT2D eigenvalue weighted by molar-refractivity contribution is 5.89. The number of amides is 2. The number of carboxylic acids is 1. The van der Waals surface area contributed by atoms with E-state index in [2.05, 4.69) is 5.32 Å².